The summed E-state index contributed by atoms with van der Waals surface area (Å²) in [5.74, 6) is 4.61. The molecule has 0 aromatic heterocycles. The van der Waals surface area contributed by atoms with Crippen LogP contribution in [0.5, 0.6) is 0 Å². The molecule has 0 heterocycles. The summed E-state index contributed by atoms with van der Waals surface area (Å²) >= 11 is 0. The van der Waals surface area contributed by atoms with Crippen molar-refractivity contribution in [2.24, 2.45) is 11.6 Å². The van der Waals surface area contributed by atoms with Crippen molar-refractivity contribution in [3.63, 3.8) is 0 Å². The van der Waals surface area contributed by atoms with Gasteiger partial charge in [0, 0.05) is 7.05 Å². The van der Waals surface area contributed by atoms with Gasteiger partial charge < -0.3 is 5.73 Å². The van der Waals surface area contributed by atoms with Gasteiger partial charge >= 0.3 is 0 Å². The fourth-order valence-electron chi connectivity index (χ4n) is 0.246. The van der Waals surface area contributed by atoms with E-state index in [9.17, 15) is 4.79 Å². The third kappa shape index (κ3) is 5.39. The lowest BCUT2D eigenvalue weighted by atomic mass is 10.6. The molecule has 4 heteroatoms. The van der Waals surface area contributed by atoms with Gasteiger partial charge in [-0.2, -0.15) is 0 Å². The van der Waals surface area contributed by atoms with Crippen LogP contribution in [-0.4, -0.2) is 24.5 Å². The lowest BCUT2D eigenvalue weighted by Crippen LogP contribution is -2.35. The normalized spacial score (nSPS) is 9.57. The zero-order chi connectivity index (χ0) is 5.86. The Labute approximate surface area is 42.0 Å². The standard InChI is InChI=1S/C3H9N3O/c1-6(5)2-3(4)7/h2,5H2,1H3,(H2,4,7). The molecule has 0 saturated heterocycles. The Hall–Kier alpha value is -0.610. The largest absolute Gasteiger partial charge is 0.369 e. The molecule has 0 fully saturated rings. The average Bonchev–Trinajstić information content (AvgIpc) is 1.27. The lowest BCUT2D eigenvalue weighted by molar-refractivity contribution is -0.118. The minimum Gasteiger partial charge on any atom is -0.369 e. The van der Waals surface area contributed by atoms with Gasteiger partial charge in [-0.3, -0.25) is 10.6 Å². The van der Waals surface area contributed by atoms with Gasteiger partial charge in [-0.15, -0.1) is 0 Å². The molecule has 0 aliphatic heterocycles. The summed E-state index contributed by atoms with van der Waals surface area (Å²) < 4.78 is 0. The number of carbonyl (C=O) groups excluding carboxylic acids is 1. The van der Waals surface area contributed by atoms with Crippen LogP contribution in [0.25, 0.3) is 0 Å². The van der Waals surface area contributed by atoms with E-state index >= 15 is 0 Å². The number of likely N-dealkylation sites (N-methyl/N-ethyl adjacent to an activating group) is 1. The van der Waals surface area contributed by atoms with E-state index in [1.807, 2.05) is 0 Å². The van der Waals surface area contributed by atoms with Crippen LogP contribution in [0.1, 0.15) is 0 Å². The molecule has 0 aliphatic carbocycles. The van der Waals surface area contributed by atoms with Crippen molar-refractivity contribution in [2.45, 2.75) is 0 Å². The first-order chi connectivity index (χ1) is 3.13. The van der Waals surface area contributed by atoms with E-state index in [1.165, 1.54) is 5.01 Å². The van der Waals surface area contributed by atoms with Crippen molar-refractivity contribution < 1.29 is 4.79 Å². The quantitative estimate of drug-likeness (QED) is 0.322. The van der Waals surface area contributed by atoms with Gasteiger partial charge in [0.15, 0.2) is 0 Å². The monoisotopic (exact) mass is 103 g/mol. The molecule has 0 aromatic rings. The number of rotatable bonds is 2. The van der Waals surface area contributed by atoms with E-state index in [4.69, 9.17) is 11.6 Å². The topological polar surface area (TPSA) is 72.3 Å². The predicted molar refractivity (Wildman–Crippen MR) is 26.0 cm³/mol. The molecule has 0 saturated carbocycles. The van der Waals surface area contributed by atoms with Gasteiger partial charge in [-0.05, 0) is 0 Å². The summed E-state index contributed by atoms with van der Waals surface area (Å²) in [6.45, 7) is 0.111. The van der Waals surface area contributed by atoms with Crippen molar-refractivity contribution in [2.75, 3.05) is 13.6 Å². The zero-order valence-corrected chi connectivity index (χ0v) is 4.22. The summed E-state index contributed by atoms with van der Waals surface area (Å²) in [6, 6.07) is 0. The van der Waals surface area contributed by atoms with Gasteiger partial charge in [0.05, 0.1) is 6.54 Å². The predicted octanol–water partition coefficient (Wildman–Crippen LogP) is -1.72. The van der Waals surface area contributed by atoms with Crippen molar-refractivity contribution >= 4 is 5.91 Å². The van der Waals surface area contributed by atoms with Gasteiger partial charge in [0.2, 0.25) is 5.91 Å². The first-order valence-corrected chi connectivity index (χ1v) is 1.87. The number of nitrogens with zero attached hydrogens (tertiary/aromatic N) is 1. The molecular formula is C3H9N3O. The Morgan fingerprint density at radius 1 is 1.86 bits per heavy atom. The Kier molecular flexibility index (Phi) is 2.32. The van der Waals surface area contributed by atoms with E-state index in [2.05, 4.69) is 0 Å². The maximum atomic E-state index is 9.91. The van der Waals surface area contributed by atoms with E-state index < -0.39 is 5.91 Å². The Morgan fingerprint density at radius 3 is 2.29 bits per heavy atom. The van der Waals surface area contributed by atoms with Gasteiger partial charge in [0.25, 0.3) is 0 Å². The van der Waals surface area contributed by atoms with Crippen LogP contribution in [0.4, 0.5) is 0 Å². The molecule has 0 spiro atoms. The van der Waals surface area contributed by atoms with Crippen LogP contribution < -0.4 is 11.6 Å². The van der Waals surface area contributed by atoms with Crippen molar-refractivity contribution in [3.8, 4) is 0 Å². The highest BCUT2D eigenvalue weighted by Gasteiger charge is 1.92. The van der Waals surface area contributed by atoms with E-state index in [0.717, 1.165) is 0 Å². The maximum absolute atomic E-state index is 9.91. The highest BCUT2D eigenvalue weighted by Crippen LogP contribution is 1.61. The number of nitrogens with two attached hydrogens (primary N) is 2. The molecule has 1 amide bonds. The number of hydrogen-bond acceptors (Lipinski definition) is 3. The highest BCUT2D eigenvalue weighted by molar-refractivity contribution is 5.75. The summed E-state index contributed by atoms with van der Waals surface area (Å²) in [6.07, 6.45) is 0. The minimum absolute atomic E-state index is 0.111. The number of amides is 1. The second kappa shape index (κ2) is 2.54. The van der Waals surface area contributed by atoms with Crippen LogP contribution >= 0.6 is 0 Å². The molecule has 0 rings (SSSR count). The minimum atomic E-state index is -0.412. The average molecular weight is 103 g/mol. The second-order valence-electron chi connectivity index (χ2n) is 1.38. The Morgan fingerprint density at radius 2 is 2.29 bits per heavy atom. The molecule has 7 heavy (non-hydrogen) atoms. The fourth-order valence-corrected chi connectivity index (χ4v) is 0.246. The summed E-state index contributed by atoms with van der Waals surface area (Å²) in [5, 5.41) is 1.22. The molecular weight excluding hydrogens is 94.1 g/mol. The van der Waals surface area contributed by atoms with Gasteiger partial charge in [-0.1, -0.05) is 0 Å². The molecule has 4 nitrogen and oxygen atoms in total. The summed E-state index contributed by atoms with van der Waals surface area (Å²) in [7, 11) is 1.57. The smallest absolute Gasteiger partial charge is 0.233 e. The first-order valence-electron chi connectivity index (χ1n) is 1.87. The number of carbonyl (C=O) groups is 1. The summed E-state index contributed by atoms with van der Waals surface area (Å²) in [4.78, 5) is 9.91. The number of hydrogen-bond donors (Lipinski definition) is 2. The number of primary amides is 1. The molecule has 42 valence electrons. The van der Waals surface area contributed by atoms with Crippen molar-refractivity contribution in [1.29, 1.82) is 0 Å². The van der Waals surface area contributed by atoms with Crippen molar-refractivity contribution in [1.82, 2.24) is 5.01 Å². The van der Waals surface area contributed by atoms with Crippen LogP contribution in [-0.2, 0) is 4.79 Å². The molecule has 4 N–H and O–H groups in total. The van der Waals surface area contributed by atoms with E-state index in [1.54, 1.807) is 7.05 Å². The molecule has 0 atom stereocenters. The van der Waals surface area contributed by atoms with Crippen molar-refractivity contribution in [3.05, 3.63) is 0 Å². The Balaban J connectivity index is 3.13. The molecule has 0 aliphatic rings. The third-order valence-corrected chi connectivity index (χ3v) is 0.405. The highest BCUT2D eigenvalue weighted by atomic mass is 16.1. The van der Waals surface area contributed by atoms with E-state index in [0.29, 0.717) is 0 Å². The van der Waals surface area contributed by atoms with Crippen LogP contribution in [0.15, 0.2) is 0 Å². The van der Waals surface area contributed by atoms with Gasteiger partial charge in [-0.25, -0.2) is 5.01 Å². The third-order valence-electron chi connectivity index (χ3n) is 0.405. The van der Waals surface area contributed by atoms with E-state index in [-0.39, 0.29) is 6.54 Å². The number of hydrazine groups is 1. The summed E-state index contributed by atoms with van der Waals surface area (Å²) in [5.41, 5.74) is 4.73. The second-order valence-corrected chi connectivity index (χ2v) is 1.38. The Bertz CT molecular complexity index is 70.6. The molecule has 0 unspecified atom stereocenters. The maximum Gasteiger partial charge on any atom is 0.233 e. The molecule has 0 bridgehead atoms. The van der Waals surface area contributed by atoms with Gasteiger partial charge in [0.1, 0.15) is 0 Å². The fraction of sp³-hybridized carbons (Fsp3) is 0.667. The first kappa shape index (κ1) is 6.39. The zero-order valence-electron chi connectivity index (χ0n) is 4.22. The van der Waals surface area contributed by atoms with Crippen LogP contribution in [0.3, 0.4) is 0 Å². The lowest BCUT2D eigenvalue weighted by Gasteiger charge is -2.02. The molecule has 0 radical (unpaired) electrons. The van der Waals surface area contributed by atoms with Crippen LogP contribution in [0.2, 0.25) is 0 Å². The molecule has 0 aromatic carbocycles. The van der Waals surface area contributed by atoms with Crippen LogP contribution in [0, 0.1) is 0 Å². The SMILES string of the molecule is CN(N)CC(N)=O.